The summed E-state index contributed by atoms with van der Waals surface area (Å²) in [6.45, 7) is 3.81. The molecule has 0 saturated heterocycles. The Hall–Kier alpha value is -1.27. The number of halogens is 1. The van der Waals surface area contributed by atoms with Crippen LogP contribution in [-0.4, -0.2) is 39.9 Å². The van der Waals surface area contributed by atoms with E-state index in [0.717, 1.165) is 6.42 Å². The lowest BCUT2D eigenvalue weighted by Gasteiger charge is -2.12. The maximum Gasteiger partial charge on any atom is 0.255 e. The molecule has 0 radical (unpaired) electrons. The number of hydrogen-bond donors (Lipinski definition) is 1. The monoisotopic (exact) mass is 345 g/mol. The van der Waals surface area contributed by atoms with Crippen LogP contribution in [0.15, 0.2) is 16.6 Å². The Morgan fingerprint density at radius 3 is 2.65 bits per heavy atom. The van der Waals surface area contributed by atoms with Gasteiger partial charge in [0, 0.05) is 19.8 Å². The fraction of sp³-hybridized carbons (Fsp3) is 0.500. The highest BCUT2D eigenvalue weighted by atomic mass is 79.9. The molecule has 20 heavy (non-hydrogen) atoms. The van der Waals surface area contributed by atoms with Gasteiger partial charge in [0.15, 0.2) is 0 Å². The second-order valence-corrected chi connectivity index (χ2v) is 4.85. The summed E-state index contributed by atoms with van der Waals surface area (Å²) in [7, 11) is 3.08. The number of carbonyl (C=O) groups excluding carboxylic acids is 1. The molecule has 1 aromatic carbocycles. The maximum atomic E-state index is 12.2. The summed E-state index contributed by atoms with van der Waals surface area (Å²) in [5.74, 6) is 0.892. The largest absolute Gasteiger partial charge is 0.497 e. The zero-order chi connectivity index (χ0) is 15.0. The minimum absolute atomic E-state index is 0.196. The molecule has 0 aliphatic rings. The number of rotatable bonds is 8. The molecule has 1 N–H and O–H groups in total. The van der Waals surface area contributed by atoms with Crippen LogP contribution in [0.4, 0.5) is 0 Å². The van der Waals surface area contributed by atoms with Crippen molar-refractivity contribution < 1.29 is 19.0 Å². The van der Waals surface area contributed by atoms with Crippen LogP contribution in [0.3, 0.4) is 0 Å². The second-order valence-electron chi connectivity index (χ2n) is 4.00. The van der Waals surface area contributed by atoms with Crippen molar-refractivity contribution in [1.82, 2.24) is 5.32 Å². The minimum atomic E-state index is -0.196. The van der Waals surface area contributed by atoms with Crippen LogP contribution < -0.4 is 14.8 Å². The molecule has 0 aliphatic carbocycles. The fourth-order valence-electron chi connectivity index (χ4n) is 1.68. The van der Waals surface area contributed by atoms with Crippen molar-refractivity contribution in [2.24, 2.45) is 0 Å². The Morgan fingerprint density at radius 1 is 1.30 bits per heavy atom. The molecule has 6 heteroatoms. The molecule has 0 aromatic heterocycles. The molecule has 0 saturated carbocycles. The van der Waals surface area contributed by atoms with Crippen molar-refractivity contribution in [2.75, 3.05) is 34.0 Å². The summed E-state index contributed by atoms with van der Waals surface area (Å²) in [6.07, 6.45) is 0.771. The summed E-state index contributed by atoms with van der Waals surface area (Å²) in [5.41, 5.74) is 0.440. The van der Waals surface area contributed by atoms with E-state index in [1.54, 1.807) is 19.2 Å². The summed E-state index contributed by atoms with van der Waals surface area (Å²) >= 11 is 3.36. The number of ether oxygens (including phenoxy) is 3. The van der Waals surface area contributed by atoms with Crippen LogP contribution in [0.1, 0.15) is 23.7 Å². The lowest BCUT2D eigenvalue weighted by molar-refractivity contribution is 0.0940. The number of carbonyl (C=O) groups is 1. The van der Waals surface area contributed by atoms with Crippen molar-refractivity contribution in [3.05, 3.63) is 22.2 Å². The highest BCUT2D eigenvalue weighted by Crippen LogP contribution is 2.33. The topological polar surface area (TPSA) is 56.8 Å². The van der Waals surface area contributed by atoms with Crippen LogP contribution in [0.2, 0.25) is 0 Å². The van der Waals surface area contributed by atoms with E-state index < -0.39 is 0 Å². The molecule has 1 amide bonds. The molecular formula is C14H20BrNO4. The number of benzene rings is 1. The Morgan fingerprint density at radius 2 is 2.05 bits per heavy atom. The smallest absolute Gasteiger partial charge is 0.255 e. The second kappa shape index (κ2) is 8.81. The molecule has 1 rings (SSSR count). The first kappa shape index (κ1) is 16.8. The molecule has 0 unspecified atom stereocenters. The Bertz CT molecular complexity index is 451. The molecule has 0 aliphatic heterocycles. The zero-order valence-corrected chi connectivity index (χ0v) is 13.6. The van der Waals surface area contributed by atoms with E-state index in [2.05, 4.69) is 21.2 Å². The molecule has 1 aromatic rings. The van der Waals surface area contributed by atoms with E-state index in [9.17, 15) is 4.79 Å². The summed E-state index contributed by atoms with van der Waals surface area (Å²) in [4.78, 5) is 12.2. The van der Waals surface area contributed by atoms with Gasteiger partial charge in [-0.1, -0.05) is 0 Å². The van der Waals surface area contributed by atoms with E-state index in [1.165, 1.54) is 7.11 Å². The van der Waals surface area contributed by atoms with Gasteiger partial charge in [0.25, 0.3) is 5.91 Å². The standard InChI is InChI=1S/C14H20BrNO4/c1-4-20-7-5-6-16-14(17)11-8-10(18-2)9-12(15)13(11)19-3/h8-9H,4-7H2,1-3H3,(H,16,17). The summed E-state index contributed by atoms with van der Waals surface area (Å²) in [5, 5.41) is 2.84. The minimum Gasteiger partial charge on any atom is -0.497 e. The van der Waals surface area contributed by atoms with Crippen molar-refractivity contribution in [3.8, 4) is 11.5 Å². The lowest BCUT2D eigenvalue weighted by atomic mass is 10.1. The Kier molecular flexibility index (Phi) is 7.40. The van der Waals surface area contributed by atoms with Gasteiger partial charge in [-0.25, -0.2) is 0 Å². The van der Waals surface area contributed by atoms with E-state index in [4.69, 9.17) is 14.2 Å². The van der Waals surface area contributed by atoms with Gasteiger partial charge >= 0.3 is 0 Å². The zero-order valence-electron chi connectivity index (χ0n) is 12.0. The van der Waals surface area contributed by atoms with E-state index in [0.29, 0.717) is 41.3 Å². The molecular weight excluding hydrogens is 326 g/mol. The SMILES string of the molecule is CCOCCCNC(=O)c1cc(OC)cc(Br)c1OC. The molecule has 0 atom stereocenters. The molecule has 112 valence electrons. The van der Waals surface area contributed by atoms with Crippen LogP contribution in [0, 0.1) is 0 Å². The first-order chi connectivity index (χ1) is 9.63. The predicted molar refractivity (Wildman–Crippen MR) is 80.7 cm³/mol. The van der Waals surface area contributed by atoms with Gasteiger partial charge in [0.2, 0.25) is 0 Å². The average molecular weight is 346 g/mol. The van der Waals surface area contributed by atoms with Gasteiger partial charge in [-0.05, 0) is 41.4 Å². The third kappa shape index (κ3) is 4.68. The predicted octanol–water partition coefficient (Wildman–Crippen LogP) is 2.62. The Balaban J connectivity index is 2.73. The Labute approximate surface area is 127 Å². The van der Waals surface area contributed by atoms with Crippen molar-refractivity contribution in [2.45, 2.75) is 13.3 Å². The molecule has 0 bridgehead atoms. The number of amides is 1. The van der Waals surface area contributed by atoms with Crippen LogP contribution in [0.25, 0.3) is 0 Å². The van der Waals surface area contributed by atoms with Gasteiger partial charge in [-0.15, -0.1) is 0 Å². The van der Waals surface area contributed by atoms with Crippen molar-refractivity contribution in [3.63, 3.8) is 0 Å². The van der Waals surface area contributed by atoms with E-state index in [1.807, 2.05) is 6.92 Å². The lowest BCUT2D eigenvalue weighted by Crippen LogP contribution is -2.25. The number of methoxy groups -OCH3 is 2. The van der Waals surface area contributed by atoms with E-state index >= 15 is 0 Å². The van der Waals surface area contributed by atoms with Crippen LogP contribution in [0.5, 0.6) is 11.5 Å². The third-order valence-corrected chi connectivity index (χ3v) is 3.25. The number of nitrogens with one attached hydrogen (secondary N) is 1. The van der Waals surface area contributed by atoms with Gasteiger partial charge in [0.05, 0.1) is 24.3 Å². The van der Waals surface area contributed by atoms with Gasteiger partial charge in [-0.3, -0.25) is 4.79 Å². The van der Waals surface area contributed by atoms with Crippen molar-refractivity contribution >= 4 is 21.8 Å². The van der Waals surface area contributed by atoms with Crippen LogP contribution >= 0.6 is 15.9 Å². The number of hydrogen-bond acceptors (Lipinski definition) is 4. The molecule has 0 spiro atoms. The highest BCUT2D eigenvalue weighted by molar-refractivity contribution is 9.10. The first-order valence-electron chi connectivity index (χ1n) is 6.41. The fourth-order valence-corrected chi connectivity index (χ4v) is 2.28. The summed E-state index contributed by atoms with van der Waals surface area (Å²) in [6, 6.07) is 3.41. The average Bonchev–Trinajstić information content (AvgIpc) is 2.45. The first-order valence-corrected chi connectivity index (χ1v) is 7.20. The summed E-state index contributed by atoms with van der Waals surface area (Å²) < 4.78 is 16.3. The molecule has 0 fully saturated rings. The van der Waals surface area contributed by atoms with Gasteiger partial charge in [0.1, 0.15) is 11.5 Å². The normalized spacial score (nSPS) is 10.2. The van der Waals surface area contributed by atoms with Crippen molar-refractivity contribution in [1.29, 1.82) is 0 Å². The van der Waals surface area contributed by atoms with E-state index in [-0.39, 0.29) is 5.91 Å². The van der Waals surface area contributed by atoms with Crippen LogP contribution in [-0.2, 0) is 4.74 Å². The van der Waals surface area contributed by atoms with Gasteiger partial charge in [-0.2, -0.15) is 0 Å². The highest BCUT2D eigenvalue weighted by Gasteiger charge is 2.16. The molecule has 0 heterocycles. The maximum absolute atomic E-state index is 12.2. The quantitative estimate of drug-likeness (QED) is 0.736. The third-order valence-electron chi connectivity index (χ3n) is 2.66. The molecule has 5 nitrogen and oxygen atoms in total. The van der Waals surface area contributed by atoms with Gasteiger partial charge < -0.3 is 19.5 Å².